The Hall–Kier alpha value is -2.41. The fourth-order valence-electron chi connectivity index (χ4n) is 1.93. The van der Waals surface area contributed by atoms with Gasteiger partial charge in [-0.05, 0) is 43.3 Å². The Bertz CT molecular complexity index is 753. The van der Waals surface area contributed by atoms with Gasteiger partial charge in [-0.3, -0.25) is 9.59 Å². The van der Waals surface area contributed by atoms with E-state index in [-0.39, 0.29) is 13.0 Å². The summed E-state index contributed by atoms with van der Waals surface area (Å²) in [5.41, 5.74) is 0.297. The smallest absolute Gasteiger partial charge is 0.310 e. The molecule has 2 rings (SSSR count). The number of carbonyl (C=O) groups is 2. The summed E-state index contributed by atoms with van der Waals surface area (Å²) in [5.74, 6) is -0.935. The number of hydrogen-bond acceptors (Lipinski definition) is 4. The Morgan fingerprint density at radius 2 is 1.96 bits per heavy atom. The van der Waals surface area contributed by atoms with Crippen molar-refractivity contribution in [2.75, 3.05) is 11.9 Å². The van der Waals surface area contributed by atoms with E-state index in [1.165, 1.54) is 25.1 Å². The number of rotatable bonds is 7. The van der Waals surface area contributed by atoms with Crippen LogP contribution in [0.15, 0.2) is 53.0 Å². The first-order chi connectivity index (χ1) is 11.9. The Morgan fingerprint density at radius 1 is 1.20 bits per heavy atom. The lowest BCUT2D eigenvalue weighted by Crippen LogP contribution is -2.30. The average molecular weight is 410 g/mol. The number of halogens is 2. The fraction of sp³-hybridized carbons (Fsp3) is 0.222. The Balaban J connectivity index is 1.74. The van der Waals surface area contributed by atoms with Crippen LogP contribution in [0.25, 0.3) is 0 Å². The highest BCUT2D eigenvalue weighted by Crippen LogP contribution is 2.18. The molecule has 0 unspecified atom stereocenters. The molecule has 0 aromatic heterocycles. The molecule has 1 amide bonds. The molecule has 132 valence electrons. The highest BCUT2D eigenvalue weighted by atomic mass is 79.9. The second-order valence-electron chi connectivity index (χ2n) is 5.19. The number of esters is 1. The van der Waals surface area contributed by atoms with Gasteiger partial charge in [-0.15, -0.1) is 0 Å². The molecule has 25 heavy (non-hydrogen) atoms. The maximum Gasteiger partial charge on any atom is 0.310 e. The lowest BCUT2D eigenvalue weighted by atomic mass is 10.3. The number of carbonyl (C=O) groups excluding carboxylic acids is 2. The Morgan fingerprint density at radius 3 is 2.68 bits per heavy atom. The molecule has 1 N–H and O–H groups in total. The van der Waals surface area contributed by atoms with E-state index in [2.05, 4.69) is 21.2 Å². The molecule has 5 nitrogen and oxygen atoms in total. The molecule has 0 aliphatic carbocycles. The lowest BCUT2D eigenvalue weighted by Gasteiger charge is -2.14. The van der Waals surface area contributed by atoms with Gasteiger partial charge in [-0.2, -0.15) is 0 Å². The number of hydrogen-bond donors (Lipinski definition) is 1. The molecular weight excluding hydrogens is 393 g/mol. The van der Waals surface area contributed by atoms with Crippen LogP contribution in [0.1, 0.15) is 13.3 Å². The van der Waals surface area contributed by atoms with E-state index in [0.717, 1.165) is 4.47 Å². The summed E-state index contributed by atoms with van der Waals surface area (Å²) in [4.78, 5) is 23.7. The summed E-state index contributed by atoms with van der Waals surface area (Å²) in [6.07, 6.45) is -0.994. The van der Waals surface area contributed by atoms with E-state index in [1.54, 1.807) is 18.2 Å². The van der Waals surface area contributed by atoms with Crippen molar-refractivity contribution < 1.29 is 23.5 Å². The van der Waals surface area contributed by atoms with Crippen molar-refractivity contribution in [3.63, 3.8) is 0 Å². The van der Waals surface area contributed by atoms with Gasteiger partial charge in [-0.1, -0.05) is 28.1 Å². The number of amides is 1. The average Bonchev–Trinajstić information content (AvgIpc) is 2.55. The molecule has 0 aliphatic rings. The number of anilines is 1. The molecule has 0 fully saturated rings. The van der Waals surface area contributed by atoms with Gasteiger partial charge in [0.15, 0.2) is 6.10 Å². The van der Waals surface area contributed by atoms with Crippen LogP contribution in [0.3, 0.4) is 0 Å². The summed E-state index contributed by atoms with van der Waals surface area (Å²) in [5, 5.41) is 2.48. The third-order valence-electron chi connectivity index (χ3n) is 3.14. The summed E-state index contributed by atoms with van der Waals surface area (Å²) < 4.78 is 24.4. The van der Waals surface area contributed by atoms with Gasteiger partial charge in [0.2, 0.25) is 0 Å². The van der Waals surface area contributed by atoms with Crippen molar-refractivity contribution in [3.05, 3.63) is 58.8 Å². The minimum atomic E-state index is -0.998. The minimum Gasteiger partial charge on any atom is -0.493 e. The van der Waals surface area contributed by atoms with Crippen LogP contribution in [0.4, 0.5) is 10.1 Å². The zero-order valence-corrected chi connectivity index (χ0v) is 15.1. The van der Waals surface area contributed by atoms with E-state index < -0.39 is 23.8 Å². The third kappa shape index (κ3) is 6.54. The summed E-state index contributed by atoms with van der Waals surface area (Å²) >= 11 is 3.32. The highest BCUT2D eigenvalue weighted by Gasteiger charge is 2.18. The quantitative estimate of drug-likeness (QED) is 0.703. The lowest BCUT2D eigenvalue weighted by molar-refractivity contribution is -0.153. The summed E-state index contributed by atoms with van der Waals surface area (Å²) in [7, 11) is 0. The minimum absolute atomic E-state index is 0.00407. The zero-order chi connectivity index (χ0) is 18.2. The first-order valence-electron chi connectivity index (χ1n) is 7.58. The van der Waals surface area contributed by atoms with Gasteiger partial charge in [-0.25, -0.2) is 4.39 Å². The molecule has 2 aromatic carbocycles. The van der Waals surface area contributed by atoms with E-state index >= 15 is 0 Å². The van der Waals surface area contributed by atoms with Gasteiger partial charge in [0.1, 0.15) is 11.6 Å². The standard InChI is InChI=1S/C18H17BrFNO4/c1-12(18(23)21-15-6-3-5-14(20)11-15)25-17(22)8-9-24-16-7-2-4-13(19)10-16/h2-7,10-12H,8-9H2,1H3,(H,21,23)/t12-/m1/s1. The van der Waals surface area contributed by atoms with E-state index in [0.29, 0.717) is 11.4 Å². The molecule has 2 aromatic rings. The molecule has 1 atom stereocenters. The predicted molar refractivity (Wildman–Crippen MR) is 94.8 cm³/mol. The van der Waals surface area contributed by atoms with Crippen molar-refractivity contribution in [1.82, 2.24) is 0 Å². The molecule has 0 bridgehead atoms. The van der Waals surface area contributed by atoms with Gasteiger partial charge in [0, 0.05) is 10.2 Å². The van der Waals surface area contributed by atoms with Gasteiger partial charge in [0.05, 0.1) is 13.0 Å². The maximum absolute atomic E-state index is 13.1. The predicted octanol–water partition coefficient (Wildman–Crippen LogP) is 3.93. The first-order valence-corrected chi connectivity index (χ1v) is 8.37. The Labute approximate surface area is 153 Å². The Kier molecular flexibility index (Phi) is 6.94. The monoisotopic (exact) mass is 409 g/mol. The van der Waals surface area contributed by atoms with Crippen LogP contribution in [-0.2, 0) is 14.3 Å². The normalized spacial score (nSPS) is 11.5. The van der Waals surface area contributed by atoms with Crippen LogP contribution in [-0.4, -0.2) is 24.6 Å². The number of ether oxygens (including phenoxy) is 2. The summed E-state index contributed by atoms with van der Waals surface area (Å²) in [6.45, 7) is 1.58. The second-order valence-corrected chi connectivity index (χ2v) is 6.10. The molecular formula is C18H17BrFNO4. The molecule has 0 saturated carbocycles. The van der Waals surface area contributed by atoms with Crippen molar-refractivity contribution in [2.45, 2.75) is 19.4 Å². The SMILES string of the molecule is C[C@@H](OC(=O)CCOc1cccc(Br)c1)C(=O)Nc1cccc(F)c1. The van der Waals surface area contributed by atoms with Gasteiger partial charge < -0.3 is 14.8 Å². The molecule has 0 radical (unpaired) electrons. The van der Waals surface area contributed by atoms with Crippen molar-refractivity contribution in [2.24, 2.45) is 0 Å². The molecule has 0 spiro atoms. The van der Waals surface area contributed by atoms with Crippen molar-refractivity contribution >= 4 is 33.5 Å². The number of benzene rings is 2. The highest BCUT2D eigenvalue weighted by molar-refractivity contribution is 9.10. The van der Waals surface area contributed by atoms with E-state index in [9.17, 15) is 14.0 Å². The zero-order valence-electron chi connectivity index (χ0n) is 13.5. The first kappa shape index (κ1) is 18.9. The van der Waals surface area contributed by atoms with Crippen LogP contribution >= 0.6 is 15.9 Å². The van der Waals surface area contributed by atoms with Gasteiger partial charge >= 0.3 is 5.97 Å². The van der Waals surface area contributed by atoms with Crippen molar-refractivity contribution in [1.29, 1.82) is 0 Å². The molecule has 7 heteroatoms. The largest absolute Gasteiger partial charge is 0.493 e. The van der Waals surface area contributed by atoms with Crippen LogP contribution in [0.5, 0.6) is 5.75 Å². The topological polar surface area (TPSA) is 64.6 Å². The van der Waals surface area contributed by atoms with Crippen LogP contribution in [0, 0.1) is 5.82 Å². The third-order valence-corrected chi connectivity index (χ3v) is 3.63. The van der Waals surface area contributed by atoms with Crippen molar-refractivity contribution in [3.8, 4) is 5.75 Å². The van der Waals surface area contributed by atoms with E-state index in [4.69, 9.17) is 9.47 Å². The van der Waals surface area contributed by atoms with Crippen LogP contribution < -0.4 is 10.1 Å². The summed E-state index contributed by atoms with van der Waals surface area (Å²) in [6, 6.07) is 12.7. The maximum atomic E-state index is 13.1. The second kappa shape index (κ2) is 9.17. The van der Waals surface area contributed by atoms with Crippen LogP contribution in [0.2, 0.25) is 0 Å². The molecule has 0 aliphatic heterocycles. The van der Waals surface area contributed by atoms with Gasteiger partial charge in [0.25, 0.3) is 5.91 Å². The molecule has 0 saturated heterocycles. The van der Waals surface area contributed by atoms with E-state index in [1.807, 2.05) is 12.1 Å². The molecule has 0 heterocycles. The fourth-order valence-corrected chi connectivity index (χ4v) is 2.31. The number of nitrogens with one attached hydrogen (secondary N) is 1.